The molecule has 0 bridgehead atoms. The third kappa shape index (κ3) is 7.07. The molecule has 8 nitrogen and oxygen atoms in total. The van der Waals surface area contributed by atoms with Crippen molar-refractivity contribution >= 4 is 17.6 Å². The van der Waals surface area contributed by atoms with Crippen molar-refractivity contribution < 1.29 is 13.9 Å². The van der Waals surface area contributed by atoms with E-state index in [9.17, 15) is 9.18 Å². The second-order valence-electron chi connectivity index (χ2n) is 8.09. The Bertz CT molecular complexity index is 730. The molecule has 2 aliphatic rings. The molecule has 0 spiro atoms. The van der Waals surface area contributed by atoms with Crippen molar-refractivity contribution in [1.29, 1.82) is 0 Å². The fourth-order valence-electron chi connectivity index (χ4n) is 3.75. The summed E-state index contributed by atoms with van der Waals surface area (Å²) in [7, 11) is 3.47. The first-order valence-corrected chi connectivity index (χ1v) is 11.1. The molecule has 1 N–H and O–H groups in total. The van der Waals surface area contributed by atoms with Gasteiger partial charge in [-0.15, -0.1) is 0 Å². The molecule has 2 aliphatic heterocycles. The normalized spacial score (nSPS) is 18.2. The number of halogens is 1. The van der Waals surface area contributed by atoms with E-state index < -0.39 is 0 Å². The summed E-state index contributed by atoms with van der Waals surface area (Å²) in [5.41, 5.74) is 0.641. The van der Waals surface area contributed by atoms with E-state index in [4.69, 9.17) is 4.74 Å². The predicted octanol–water partition coefficient (Wildman–Crippen LogP) is 0.704. The van der Waals surface area contributed by atoms with Crippen molar-refractivity contribution in [1.82, 2.24) is 20.0 Å². The van der Waals surface area contributed by atoms with Crippen LogP contribution in [-0.4, -0.2) is 113 Å². The van der Waals surface area contributed by atoms with Gasteiger partial charge in [0, 0.05) is 59.9 Å². The molecular formula is C22H35FN6O2. The van der Waals surface area contributed by atoms with Crippen LogP contribution in [0.5, 0.6) is 0 Å². The smallest absolute Gasteiger partial charge is 0.243 e. The van der Waals surface area contributed by atoms with Crippen molar-refractivity contribution in [3.63, 3.8) is 0 Å². The van der Waals surface area contributed by atoms with Gasteiger partial charge in [0.15, 0.2) is 5.96 Å². The fourth-order valence-corrected chi connectivity index (χ4v) is 3.75. The van der Waals surface area contributed by atoms with E-state index in [2.05, 4.69) is 25.0 Å². The van der Waals surface area contributed by atoms with Gasteiger partial charge in [0.1, 0.15) is 12.4 Å². The van der Waals surface area contributed by atoms with E-state index in [1.165, 1.54) is 6.07 Å². The maximum atomic E-state index is 14.1. The number of aliphatic imine (C=N–C) groups is 1. The zero-order chi connectivity index (χ0) is 22.1. The Morgan fingerprint density at radius 2 is 1.84 bits per heavy atom. The number of carbonyl (C=O) groups is 1. The number of rotatable bonds is 7. The lowest BCUT2D eigenvalue weighted by molar-refractivity contribution is -0.127. The molecule has 2 fully saturated rings. The van der Waals surface area contributed by atoms with E-state index in [1.807, 2.05) is 12.1 Å². The highest BCUT2D eigenvalue weighted by molar-refractivity contribution is 5.85. The minimum absolute atomic E-state index is 0.0300. The molecule has 172 valence electrons. The van der Waals surface area contributed by atoms with Crippen LogP contribution in [0.25, 0.3) is 0 Å². The Kier molecular flexibility index (Phi) is 8.90. The third-order valence-corrected chi connectivity index (χ3v) is 5.67. The van der Waals surface area contributed by atoms with Crippen LogP contribution in [0, 0.1) is 5.82 Å². The molecule has 0 aliphatic carbocycles. The zero-order valence-corrected chi connectivity index (χ0v) is 18.7. The lowest BCUT2D eigenvalue weighted by Gasteiger charge is -2.38. The molecule has 0 radical (unpaired) electrons. The summed E-state index contributed by atoms with van der Waals surface area (Å²) in [4.78, 5) is 24.8. The number of morpholine rings is 1. The van der Waals surface area contributed by atoms with Crippen molar-refractivity contribution in [2.75, 3.05) is 91.1 Å². The molecule has 31 heavy (non-hydrogen) atoms. The highest BCUT2D eigenvalue weighted by Crippen LogP contribution is 2.20. The lowest BCUT2D eigenvalue weighted by Crippen LogP contribution is -2.53. The zero-order valence-electron chi connectivity index (χ0n) is 18.7. The number of benzene rings is 1. The van der Waals surface area contributed by atoms with Crippen molar-refractivity contribution in [2.24, 2.45) is 4.99 Å². The molecular weight excluding hydrogens is 399 g/mol. The second kappa shape index (κ2) is 11.9. The van der Waals surface area contributed by atoms with Crippen molar-refractivity contribution in [2.45, 2.75) is 6.42 Å². The number of piperazine rings is 1. The molecule has 9 heteroatoms. The second-order valence-corrected chi connectivity index (χ2v) is 8.09. The van der Waals surface area contributed by atoms with Crippen LogP contribution < -0.4 is 10.2 Å². The highest BCUT2D eigenvalue weighted by atomic mass is 19.1. The van der Waals surface area contributed by atoms with Crippen molar-refractivity contribution in [3.8, 4) is 0 Å². The number of hydrogen-bond donors (Lipinski definition) is 1. The summed E-state index contributed by atoms with van der Waals surface area (Å²) < 4.78 is 19.5. The van der Waals surface area contributed by atoms with Crippen LogP contribution in [0.2, 0.25) is 0 Å². The number of likely N-dealkylation sites (N-methyl/N-ethyl adjacent to an activating group) is 1. The van der Waals surface area contributed by atoms with Crippen LogP contribution in [0.1, 0.15) is 6.42 Å². The van der Waals surface area contributed by atoms with Gasteiger partial charge in [-0.2, -0.15) is 0 Å². The van der Waals surface area contributed by atoms with Crippen LogP contribution >= 0.6 is 0 Å². The van der Waals surface area contributed by atoms with E-state index >= 15 is 0 Å². The SMILES string of the molecule is CN(C)C(=O)CN=C(NCCCN1CCOCC1)N1CCN(c2ccccc2F)CC1. The summed E-state index contributed by atoms with van der Waals surface area (Å²) in [6.07, 6.45) is 0.996. The van der Waals surface area contributed by atoms with Gasteiger partial charge in [0.25, 0.3) is 0 Å². The molecule has 0 unspecified atom stereocenters. The van der Waals surface area contributed by atoms with Crippen LogP contribution in [0.3, 0.4) is 0 Å². The Morgan fingerprint density at radius 1 is 1.13 bits per heavy atom. The van der Waals surface area contributed by atoms with E-state index in [0.717, 1.165) is 64.9 Å². The number of nitrogens with one attached hydrogen (secondary N) is 1. The van der Waals surface area contributed by atoms with E-state index in [0.29, 0.717) is 18.8 Å². The summed E-state index contributed by atoms with van der Waals surface area (Å²) in [6.45, 7) is 8.35. The standard InChI is InChI=1S/C22H35FN6O2/c1-26(2)21(30)18-25-22(24-8-5-9-27-14-16-31-17-15-27)29-12-10-28(11-13-29)20-7-4-3-6-19(20)23/h3-4,6-7H,5,8-18H2,1-2H3,(H,24,25). The minimum atomic E-state index is -0.192. The molecule has 1 amide bonds. The average Bonchev–Trinajstić information content (AvgIpc) is 2.79. The number of carbonyl (C=O) groups excluding carboxylic acids is 1. The van der Waals surface area contributed by atoms with Gasteiger partial charge in [0.05, 0.1) is 18.9 Å². The summed E-state index contributed by atoms with van der Waals surface area (Å²) in [5, 5.41) is 3.44. The first-order valence-electron chi connectivity index (χ1n) is 11.1. The predicted molar refractivity (Wildman–Crippen MR) is 121 cm³/mol. The molecule has 2 heterocycles. The number of ether oxygens (including phenoxy) is 1. The molecule has 2 saturated heterocycles. The number of hydrogen-bond acceptors (Lipinski definition) is 5. The Morgan fingerprint density at radius 3 is 2.52 bits per heavy atom. The quantitative estimate of drug-likeness (QED) is 0.387. The summed E-state index contributed by atoms with van der Waals surface area (Å²) in [5.74, 6) is 0.533. The van der Waals surface area contributed by atoms with Gasteiger partial charge in [-0.25, -0.2) is 9.38 Å². The van der Waals surface area contributed by atoms with Crippen molar-refractivity contribution in [3.05, 3.63) is 30.1 Å². The van der Waals surface area contributed by atoms with Crippen LogP contribution in [0.4, 0.5) is 10.1 Å². The monoisotopic (exact) mass is 434 g/mol. The first kappa shape index (κ1) is 23.3. The lowest BCUT2D eigenvalue weighted by atomic mass is 10.2. The number of para-hydroxylation sites is 1. The van der Waals surface area contributed by atoms with Gasteiger partial charge >= 0.3 is 0 Å². The minimum Gasteiger partial charge on any atom is -0.379 e. The van der Waals surface area contributed by atoms with Gasteiger partial charge in [0.2, 0.25) is 5.91 Å². The highest BCUT2D eigenvalue weighted by Gasteiger charge is 2.22. The number of nitrogens with zero attached hydrogens (tertiary/aromatic N) is 5. The van der Waals surface area contributed by atoms with Gasteiger partial charge in [-0.05, 0) is 25.1 Å². The number of guanidine groups is 1. The first-order chi connectivity index (χ1) is 15.0. The molecule has 1 aromatic carbocycles. The summed E-state index contributed by atoms with van der Waals surface area (Å²) in [6, 6.07) is 6.89. The Hall–Kier alpha value is -2.39. The Labute approximate surface area is 184 Å². The van der Waals surface area contributed by atoms with Gasteiger partial charge < -0.3 is 24.8 Å². The van der Waals surface area contributed by atoms with Crippen LogP contribution in [-0.2, 0) is 9.53 Å². The van der Waals surface area contributed by atoms with E-state index in [1.54, 1.807) is 25.1 Å². The molecule has 3 rings (SSSR count). The third-order valence-electron chi connectivity index (χ3n) is 5.67. The van der Waals surface area contributed by atoms with Crippen LogP contribution in [0.15, 0.2) is 29.3 Å². The summed E-state index contributed by atoms with van der Waals surface area (Å²) >= 11 is 0. The maximum Gasteiger partial charge on any atom is 0.243 e. The Balaban J connectivity index is 1.54. The largest absolute Gasteiger partial charge is 0.379 e. The molecule has 0 aromatic heterocycles. The molecule has 1 aromatic rings. The number of amides is 1. The van der Waals surface area contributed by atoms with Gasteiger partial charge in [-0.1, -0.05) is 12.1 Å². The molecule has 0 atom stereocenters. The maximum absolute atomic E-state index is 14.1. The van der Waals surface area contributed by atoms with E-state index in [-0.39, 0.29) is 18.3 Å². The molecule has 0 saturated carbocycles. The fraction of sp³-hybridized carbons (Fsp3) is 0.636. The average molecular weight is 435 g/mol. The topological polar surface area (TPSA) is 63.7 Å². The van der Waals surface area contributed by atoms with Gasteiger partial charge in [-0.3, -0.25) is 9.69 Å². The number of anilines is 1.